The topological polar surface area (TPSA) is 75.6 Å². The van der Waals surface area contributed by atoms with Gasteiger partial charge in [0.2, 0.25) is 5.91 Å². The van der Waals surface area contributed by atoms with Gasteiger partial charge >= 0.3 is 5.97 Å². The standard InChI is InChI=1S/C20H25NO4/c1-13(2)11-18(22)19(23)21-17(20(24)25-3)12-15-9-6-8-14-7-4-5-10-16(14)15/h4-10,13,17-18,22H,11-12H2,1-3H3,(H,21,23)/t17-,18-/m1/s1. The van der Waals surface area contributed by atoms with Gasteiger partial charge in [-0.2, -0.15) is 0 Å². The molecule has 2 atom stereocenters. The number of carbonyl (C=O) groups excluding carboxylic acids is 2. The average molecular weight is 343 g/mol. The zero-order valence-electron chi connectivity index (χ0n) is 14.9. The molecule has 2 rings (SSSR count). The smallest absolute Gasteiger partial charge is 0.328 e. The van der Waals surface area contributed by atoms with Crippen LogP contribution in [0.15, 0.2) is 42.5 Å². The van der Waals surface area contributed by atoms with Gasteiger partial charge < -0.3 is 15.2 Å². The molecular weight excluding hydrogens is 318 g/mol. The molecule has 134 valence electrons. The van der Waals surface area contributed by atoms with Crippen LogP contribution in [0.25, 0.3) is 10.8 Å². The molecule has 0 unspecified atom stereocenters. The summed E-state index contributed by atoms with van der Waals surface area (Å²) in [5, 5.41) is 14.7. The van der Waals surface area contributed by atoms with Crippen LogP contribution < -0.4 is 5.32 Å². The van der Waals surface area contributed by atoms with Gasteiger partial charge in [0.1, 0.15) is 12.1 Å². The number of methoxy groups -OCH3 is 1. The first-order chi connectivity index (χ1) is 11.9. The Morgan fingerprint density at radius 2 is 1.80 bits per heavy atom. The lowest BCUT2D eigenvalue weighted by Crippen LogP contribution is -2.47. The Morgan fingerprint density at radius 1 is 1.12 bits per heavy atom. The number of nitrogens with one attached hydrogen (secondary N) is 1. The van der Waals surface area contributed by atoms with Crippen LogP contribution in [0.3, 0.4) is 0 Å². The first kappa shape index (κ1) is 18.9. The Morgan fingerprint density at radius 3 is 2.48 bits per heavy atom. The van der Waals surface area contributed by atoms with Gasteiger partial charge in [-0.15, -0.1) is 0 Å². The molecule has 5 nitrogen and oxygen atoms in total. The lowest BCUT2D eigenvalue weighted by Gasteiger charge is -2.20. The van der Waals surface area contributed by atoms with E-state index in [0.29, 0.717) is 12.8 Å². The fraction of sp³-hybridized carbons (Fsp3) is 0.400. The second-order valence-electron chi connectivity index (χ2n) is 6.57. The van der Waals surface area contributed by atoms with Gasteiger partial charge in [0.15, 0.2) is 0 Å². The number of rotatable bonds is 7. The number of esters is 1. The number of hydrogen-bond acceptors (Lipinski definition) is 4. The van der Waals surface area contributed by atoms with Crippen molar-refractivity contribution in [3.8, 4) is 0 Å². The molecule has 5 heteroatoms. The molecule has 2 aromatic rings. The minimum Gasteiger partial charge on any atom is -0.467 e. The minimum atomic E-state index is -1.14. The van der Waals surface area contributed by atoms with E-state index < -0.39 is 24.0 Å². The Labute approximate surface area is 148 Å². The second-order valence-corrected chi connectivity index (χ2v) is 6.57. The van der Waals surface area contributed by atoms with Gasteiger partial charge in [0.05, 0.1) is 7.11 Å². The molecule has 0 radical (unpaired) electrons. The molecule has 0 bridgehead atoms. The van der Waals surface area contributed by atoms with E-state index in [0.717, 1.165) is 16.3 Å². The maximum Gasteiger partial charge on any atom is 0.328 e. The molecule has 25 heavy (non-hydrogen) atoms. The largest absolute Gasteiger partial charge is 0.467 e. The SMILES string of the molecule is COC(=O)[C@@H](Cc1cccc2ccccc12)NC(=O)[C@H](O)CC(C)C. The van der Waals surface area contributed by atoms with Crippen molar-refractivity contribution in [1.82, 2.24) is 5.32 Å². The first-order valence-corrected chi connectivity index (χ1v) is 8.45. The third kappa shape index (κ3) is 5.03. The zero-order valence-corrected chi connectivity index (χ0v) is 14.9. The van der Waals surface area contributed by atoms with Crippen molar-refractivity contribution in [2.45, 2.75) is 38.8 Å². The number of aliphatic hydroxyl groups excluding tert-OH is 1. The van der Waals surface area contributed by atoms with Crippen LogP contribution in [0.5, 0.6) is 0 Å². The molecule has 0 heterocycles. The van der Waals surface area contributed by atoms with Crippen LogP contribution in [0.4, 0.5) is 0 Å². The average Bonchev–Trinajstić information content (AvgIpc) is 2.60. The molecule has 0 aromatic heterocycles. The maximum atomic E-state index is 12.2. The molecule has 0 spiro atoms. The molecule has 0 aliphatic rings. The van der Waals surface area contributed by atoms with Crippen molar-refractivity contribution in [3.63, 3.8) is 0 Å². The number of amides is 1. The monoisotopic (exact) mass is 343 g/mol. The van der Waals surface area contributed by atoms with Crippen molar-refractivity contribution < 1.29 is 19.4 Å². The Kier molecular flexibility index (Phi) is 6.53. The predicted molar refractivity (Wildman–Crippen MR) is 97.1 cm³/mol. The highest BCUT2D eigenvalue weighted by molar-refractivity contribution is 5.89. The van der Waals surface area contributed by atoms with E-state index in [1.165, 1.54) is 7.11 Å². The predicted octanol–water partition coefficient (Wildman–Crippen LogP) is 2.45. The first-order valence-electron chi connectivity index (χ1n) is 8.45. The highest BCUT2D eigenvalue weighted by Crippen LogP contribution is 2.20. The number of benzene rings is 2. The van der Waals surface area contributed by atoms with Crippen LogP contribution in [-0.2, 0) is 20.7 Å². The van der Waals surface area contributed by atoms with Crippen molar-refractivity contribution in [3.05, 3.63) is 48.0 Å². The molecule has 0 aliphatic heterocycles. The van der Waals surface area contributed by atoms with Crippen LogP contribution in [0.2, 0.25) is 0 Å². The normalized spacial score (nSPS) is 13.5. The summed E-state index contributed by atoms with van der Waals surface area (Å²) in [6.45, 7) is 3.84. The highest BCUT2D eigenvalue weighted by Gasteiger charge is 2.26. The van der Waals surface area contributed by atoms with Gasteiger partial charge in [-0.25, -0.2) is 4.79 Å². The molecule has 2 N–H and O–H groups in total. The summed E-state index contributed by atoms with van der Waals surface area (Å²) in [6.07, 6.45) is -0.498. The molecule has 0 saturated carbocycles. The van der Waals surface area contributed by atoms with E-state index in [4.69, 9.17) is 4.74 Å². The lowest BCUT2D eigenvalue weighted by molar-refractivity contribution is -0.146. The molecule has 1 amide bonds. The van der Waals surface area contributed by atoms with Crippen LogP contribution in [0, 0.1) is 5.92 Å². The molecule has 0 fully saturated rings. The number of ether oxygens (including phenoxy) is 1. The summed E-state index contributed by atoms with van der Waals surface area (Å²) in [5.41, 5.74) is 0.937. The van der Waals surface area contributed by atoms with Gasteiger partial charge in [-0.3, -0.25) is 4.79 Å². The molecule has 0 saturated heterocycles. The molecule has 2 aromatic carbocycles. The highest BCUT2D eigenvalue weighted by atomic mass is 16.5. The van der Waals surface area contributed by atoms with Crippen molar-refractivity contribution in [2.75, 3.05) is 7.11 Å². The number of carbonyl (C=O) groups is 2. The summed E-state index contributed by atoms with van der Waals surface area (Å²) < 4.78 is 4.82. The Balaban J connectivity index is 2.20. The van der Waals surface area contributed by atoms with E-state index >= 15 is 0 Å². The van der Waals surface area contributed by atoms with Crippen molar-refractivity contribution in [2.24, 2.45) is 5.92 Å². The van der Waals surface area contributed by atoms with E-state index in [2.05, 4.69) is 5.32 Å². The number of aliphatic hydroxyl groups is 1. The number of fused-ring (bicyclic) bond motifs is 1. The molecule has 0 aliphatic carbocycles. The third-order valence-electron chi connectivity index (χ3n) is 4.10. The quantitative estimate of drug-likeness (QED) is 0.757. The lowest BCUT2D eigenvalue weighted by atomic mass is 9.98. The van der Waals surface area contributed by atoms with E-state index in [-0.39, 0.29) is 5.92 Å². The van der Waals surface area contributed by atoms with Gasteiger partial charge in [-0.05, 0) is 28.7 Å². The van der Waals surface area contributed by atoms with Crippen LogP contribution >= 0.6 is 0 Å². The summed E-state index contributed by atoms with van der Waals surface area (Å²) in [6, 6.07) is 12.9. The van der Waals surface area contributed by atoms with Crippen LogP contribution in [-0.4, -0.2) is 36.2 Å². The zero-order chi connectivity index (χ0) is 18.4. The van der Waals surface area contributed by atoms with E-state index in [1.807, 2.05) is 56.3 Å². The van der Waals surface area contributed by atoms with E-state index in [1.54, 1.807) is 0 Å². The summed E-state index contributed by atoms with van der Waals surface area (Å²) in [4.78, 5) is 24.3. The fourth-order valence-corrected chi connectivity index (χ4v) is 2.85. The summed E-state index contributed by atoms with van der Waals surface area (Å²) in [7, 11) is 1.29. The van der Waals surface area contributed by atoms with Gasteiger partial charge in [0, 0.05) is 6.42 Å². The number of hydrogen-bond donors (Lipinski definition) is 2. The Bertz CT molecular complexity index is 736. The van der Waals surface area contributed by atoms with Crippen LogP contribution in [0.1, 0.15) is 25.8 Å². The van der Waals surface area contributed by atoms with Crippen molar-refractivity contribution in [1.29, 1.82) is 0 Å². The molecular formula is C20H25NO4. The Hall–Kier alpha value is -2.40. The summed E-state index contributed by atoms with van der Waals surface area (Å²) >= 11 is 0. The van der Waals surface area contributed by atoms with Gasteiger partial charge in [-0.1, -0.05) is 56.3 Å². The second kappa shape index (κ2) is 8.62. The maximum absolute atomic E-state index is 12.2. The van der Waals surface area contributed by atoms with E-state index in [9.17, 15) is 14.7 Å². The van der Waals surface area contributed by atoms with Gasteiger partial charge in [0.25, 0.3) is 0 Å². The van der Waals surface area contributed by atoms with Crippen molar-refractivity contribution >= 4 is 22.6 Å². The summed E-state index contributed by atoms with van der Waals surface area (Å²) in [5.74, 6) is -0.905. The fourth-order valence-electron chi connectivity index (χ4n) is 2.85. The third-order valence-corrected chi connectivity index (χ3v) is 4.10. The minimum absolute atomic E-state index is 0.176.